The van der Waals surface area contributed by atoms with Crippen LogP contribution in [0, 0.1) is 23.2 Å². The summed E-state index contributed by atoms with van der Waals surface area (Å²) in [7, 11) is -1.70. The summed E-state index contributed by atoms with van der Waals surface area (Å²) in [6.45, 7) is 2.96. The van der Waals surface area contributed by atoms with E-state index in [0.29, 0.717) is 25.1 Å². The first kappa shape index (κ1) is 20.8. The van der Waals surface area contributed by atoms with Crippen LogP contribution in [-0.2, 0) is 14.8 Å². The minimum Gasteiger partial charge on any atom is -0.368 e. The molecule has 0 spiro atoms. The van der Waals surface area contributed by atoms with Gasteiger partial charge in [0.05, 0.1) is 22.6 Å². The van der Waals surface area contributed by atoms with Crippen LogP contribution in [0.3, 0.4) is 0 Å². The Morgan fingerprint density at radius 1 is 1.39 bits per heavy atom. The van der Waals surface area contributed by atoms with Gasteiger partial charge in [0.2, 0.25) is 15.9 Å². The molecule has 0 radical (unpaired) electrons. The fraction of sp³-hybridized carbons (Fsp3) is 0.600. The molecule has 8 heteroatoms. The van der Waals surface area contributed by atoms with Gasteiger partial charge in [0, 0.05) is 19.1 Å². The zero-order chi connectivity index (χ0) is 20.5. The van der Waals surface area contributed by atoms with E-state index in [1.54, 1.807) is 12.1 Å². The molecule has 2 fully saturated rings. The molecule has 1 amide bonds. The van der Waals surface area contributed by atoms with E-state index in [0.717, 1.165) is 19.3 Å². The van der Waals surface area contributed by atoms with Crippen molar-refractivity contribution in [2.75, 3.05) is 20.1 Å². The number of nitrogens with zero attached hydrogens (tertiary/aromatic N) is 3. The second-order valence-electron chi connectivity index (χ2n) is 7.90. The number of hydrogen-bond donors (Lipinski definition) is 1. The molecule has 4 atom stereocenters. The average molecular weight is 405 g/mol. The van der Waals surface area contributed by atoms with Crippen molar-refractivity contribution in [2.45, 2.75) is 49.6 Å². The highest BCUT2D eigenvalue weighted by Gasteiger charge is 2.48. The molecule has 3 rings (SSSR count). The predicted molar refractivity (Wildman–Crippen MR) is 106 cm³/mol. The molecule has 1 saturated carbocycles. The van der Waals surface area contributed by atoms with Crippen LogP contribution in [0.4, 0.5) is 0 Å². The van der Waals surface area contributed by atoms with E-state index < -0.39 is 10.0 Å². The van der Waals surface area contributed by atoms with E-state index in [1.807, 2.05) is 20.0 Å². The van der Waals surface area contributed by atoms with Gasteiger partial charge in [0.15, 0.2) is 0 Å². The average Bonchev–Trinajstić information content (AvgIpc) is 3.26. The Hall–Kier alpha value is -1.95. The fourth-order valence-electron chi connectivity index (χ4n) is 4.82. The highest BCUT2D eigenvalue weighted by Crippen LogP contribution is 2.42. The minimum atomic E-state index is -3.64. The Balaban J connectivity index is 1.78. The lowest BCUT2D eigenvalue weighted by atomic mass is 9.95. The van der Waals surface area contributed by atoms with Crippen molar-refractivity contribution in [3.05, 3.63) is 29.8 Å². The molecule has 1 aliphatic heterocycles. The van der Waals surface area contributed by atoms with Crippen molar-refractivity contribution in [1.82, 2.24) is 9.21 Å². The SMILES string of the molecule is CCC[C@@H](C(N)=O)N(C)[C@H]1CC[C@@H]2CN(S(=O)(=O)c3cccc(C#N)c3)C[C@@H]21. The Morgan fingerprint density at radius 2 is 2.14 bits per heavy atom. The molecular formula is C20H28N4O3S. The van der Waals surface area contributed by atoms with Crippen molar-refractivity contribution in [1.29, 1.82) is 5.26 Å². The number of primary amides is 1. The monoisotopic (exact) mass is 404 g/mol. The molecule has 28 heavy (non-hydrogen) atoms. The fourth-order valence-corrected chi connectivity index (χ4v) is 6.40. The lowest BCUT2D eigenvalue weighted by molar-refractivity contribution is -0.124. The number of nitriles is 1. The Kier molecular flexibility index (Phi) is 6.08. The van der Waals surface area contributed by atoms with Crippen LogP contribution in [0.2, 0.25) is 0 Å². The highest BCUT2D eigenvalue weighted by atomic mass is 32.2. The molecule has 2 aliphatic rings. The summed E-state index contributed by atoms with van der Waals surface area (Å²) in [6, 6.07) is 8.00. The first-order valence-corrected chi connectivity index (χ1v) is 11.2. The standard InChI is InChI=1S/C20H28N4O3S/c1-3-5-19(20(22)25)23(2)18-9-8-15-12-24(13-17(15)18)28(26,27)16-7-4-6-14(10-16)11-21/h4,6-7,10,15,17-19H,3,5,8-9,12-13H2,1-2H3,(H2,22,25)/t15-,17+,18+,19+/m1/s1. The van der Waals surface area contributed by atoms with E-state index in [1.165, 1.54) is 16.4 Å². The van der Waals surface area contributed by atoms with E-state index in [9.17, 15) is 13.2 Å². The predicted octanol–water partition coefficient (Wildman–Crippen LogP) is 1.54. The number of fused-ring (bicyclic) bond motifs is 1. The van der Waals surface area contributed by atoms with Gasteiger partial charge in [-0.3, -0.25) is 9.69 Å². The molecular weight excluding hydrogens is 376 g/mol. The highest BCUT2D eigenvalue weighted by molar-refractivity contribution is 7.89. The number of hydrogen-bond acceptors (Lipinski definition) is 5. The first-order valence-electron chi connectivity index (χ1n) is 9.81. The third-order valence-corrected chi connectivity index (χ3v) is 8.12. The number of carbonyl (C=O) groups excluding carboxylic acids is 1. The summed E-state index contributed by atoms with van der Waals surface area (Å²) in [4.78, 5) is 14.1. The zero-order valence-electron chi connectivity index (χ0n) is 16.4. The molecule has 1 aromatic carbocycles. The zero-order valence-corrected chi connectivity index (χ0v) is 17.2. The van der Waals surface area contributed by atoms with Crippen LogP contribution in [0.25, 0.3) is 0 Å². The van der Waals surface area contributed by atoms with Gasteiger partial charge in [-0.15, -0.1) is 0 Å². The minimum absolute atomic E-state index is 0.152. The molecule has 0 aromatic heterocycles. The third-order valence-electron chi connectivity index (χ3n) is 6.29. The van der Waals surface area contributed by atoms with Crippen molar-refractivity contribution in [2.24, 2.45) is 17.6 Å². The van der Waals surface area contributed by atoms with Crippen LogP contribution in [0.5, 0.6) is 0 Å². The number of benzene rings is 1. The molecule has 1 aromatic rings. The van der Waals surface area contributed by atoms with Gasteiger partial charge in [-0.2, -0.15) is 9.57 Å². The third kappa shape index (κ3) is 3.79. The summed E-state index contributed by atoms with van der Waals surface area (Å²) >= 11 is 0. The summed E-state index contributed by atoms with van der Waals surface area (Å²) in [6.07, 6.45) is 3.48. The number of likely N-dealkylation sites (N-methyl/N-ethyl adjacent to an activating group) is 1. The van der Waals surface area contributed by atoms with Crippen molar-refractivity contribution in [3.8, 4) is 6.07 Å². The van der Waals surface area contributed by atoms with Crippen LogP contribution < -0.4 is 5.73 Å². The quantitative estimate of drug-likeness (QED) is 0.742. The maximum atomic E-state index is 13.1. The van der Waals surface area contributed by atoms with Crippen molar-refractivity contribution < 1.29 is 13.2 Å². The summed E-state index contributed by atoms with van der Waals surface area (Å²) in [5.41, 5.74) is 5.95. The first-order chi connectivity index (χ1) is 13.3. The van der Waals surface area contributed by atoms with E-state index in [-0.39, 0.29) is 34.7 Å². The number of rotatable bonds is 7. The number of sulfonamides is 1. The topological polar surface area (TPSA) is 108 Å². The number of nitrogens with two attached hydrogens (primary N) is 1. The second kappa shape index (κ2) is 8.19. The van der Waals surface area contributed by atoms with E-state index >= 15 is 0 Å². The van der Waals surface area contributed by atoms with Gasteiger partial charge in [-0.1, -0.05) is 19.4 Å². The molecule has 7 nitrogen and oxygen atoms in total. The molecule has 1 saturated heterocycles. The number of amides is 1. The van der Waals surface area contributed by atoms with Gasteiger partial charge in [0.25, 0.3) is 0 Å². The van der Waals surface area contributed by atoms with Gasteiger partial charge in [-0.05, 0) is 56.3 Å². The van der Waals surface area contributed by atoms with Gasteiger partial charge < -0.3 is 5.73 Å². The molecule has 1 heterocycles. The van der Waals surface area contributed by atoms with Gasteiger partial charge in [0.1, 0.15) is 0 Å². The Bertz CT molecular complexity index is 880. The lowest BCUT2D eigenvalue weighted by Gasteiger charge is -2.34. The molecule has 0 bridgehead atoms. The normalized spacial score (nSPS) is 26.1. The van der Waals surface area contributed by atoms with Gasteiger partial charge in [-0.25, -0.2) is 8.42 Å². The molecule has 152 valence electrons. The maximum Gasteiger partial charge on any atom is 0.243 e. The molecule has 1 aliphatic carbocycles. The van der Waals surface area contributed by atoms with Crippen molar-refractivity contribution >= 4 is 15.9 Å². The number of carbonyl (C=O) groups is 1. The largest absolute Gasteiger partial charge is 0.368 e. The Labute approximate surface area is 167 Å². The van der Waals surface area contributed by atoms with Crippen LogP contribution in [0.15, 0.2) is 29.2 Å². The summed E-state index contributed by atoms with van der Waals surface area (Å²) in [5, 5.41) is 9.06. The van der Waals surface area contributed by atoms with Crippen LogP contribution >= 0.6 is 0 Å². The van der Waals surface area contributed by atoms with E-state index in [4.69, 9.17) is 11.0 Å². The second-order valence-corrected chi connectivity index (χ2v) is 9.84. The van der Waals surface area contributed by atoms with Gasteiger partial charge >= 0.3 is 0 Å². The summed E-state index contributed by atoms with van der Waals surface area (Å²) in [5.74, 6) is 0.165. The van der Waals surface area contributed by atoms with Crippen LogP contribution in [-0.4, -0.2) is 55.8 Å². The smallest absolute Gasteiger partial charge is 0.243 e. The lowest BCUT2D eigenvalue weighted by Crippen LogP contribution is -2.49. The van der Waals surface area contributed by atoms with E-state index in [2.05, 4.69) is 4.90 Å². The van der Waals surface area contributed by atoms with Crippen LogP contribution in [0.1, 0.15) is 38.2 Å². The molecule has 0 unspecified atom stereocenters. The maximum absolute atomic E-state index is 13.1. The molecule has 2 N–H and O–H groups in total. The van der Waals surface area contributed by atoms with Crippen molar-refractivity contribution in [3.63, 3.8) is 0 Å². The summed E-state index contributed by atoms with van der Waals surface area (Å²) < 4.78 is 27.7. The Morgan fingerprint density at radius 3 is 2.79 bits per heavy atom.